The Balaban J connectivity index is 1.40. The lowest BCUT2D eigenvalue weighted by Gasteiger charge is -2.56. The first-order chi connectivity index (χ1) is 15.5. The van der Waals surface area contributed by atoms with E-state index in [0.29, 0.717) is 24.1 Å². The number of carbonyl (C=O) groups is 2. The molecule has 3 fully saturated rings. The molecule has 32 heavy (non-hydrogen) atoms. The summed E-state index contributed by atoms with van der Waals surface area (Å²) in [7, 11) is 0. The van der Waals surface area contributed by atoms with Crippen molar-refractivity contribution in [2.45, 2.75) is 70.1 Å². The van der Waals surface area contributed by atoms with E-state index in [1.54, 1.807) is 0 Å². The van der Waals surface area contributed by atoms with Crippen molar-refractivity contribution < 1.29 is 14.1 Å². The molecule has 6 nitrogen and oxygen atoms in total. The number of Topliss-reactive ketones (excluding diaryl/α,β-unsaturated/α-hetero) is 1. The van der Waals surface area contributed by atoms with Gasteiger partial charge in [0, 0.05) is 18.3 Å². The molecule has 7 unspecified atom stereocenters. The van der Waals surface area contributed by atoms with Crippen molar-refractivity contribution in [3.63, 3.8) is 0 Å². The van der Waals surface area contributed by atoms with Crippen LogP contribution in [0.1, 0.15) is 69.5 Å². The number of aromatic nitrogens is 2. The predicted octanol–water partition coefficient (Wildman–Crippen LogP) is 4.41. The summed E-state index contributed by atoms with van der Waals surface area (Å²) in [5.41, 5.74) is 1.32. The lowest BCUT2D eigenvalue weighted by molar-refractivity contribution is -0.131. The Kier molecular flexibility index (Phi) is 4.54. The maximum Gasteiger partial charge on any atom is 0.233 e. The number of carbonyl (C=O) groups excluding carboxylic acids is 2. The van der Waals surface area contributed by atoms with Gasteiger partial charge < -0.3 is 4.52 Å². The zero-order chi connectivity index (χ0) is 22.0. The number of hydrogen-bond donors (Lipinski definition) is 0. The van der Waals surface area contributed by atoms with Crippen molar-refractivity contribution in [3.05, 3.63) is 35.0 Å². The molecule has 5 aliphatic carbocycles. The second-order valence-electron chi connectivity index (χ2n) is 10.7. The number of aryl methyl sites for hydroxylation is 1. The lowest BCUT2D eigenvalue weighted by atomic mass is 9.47. The molecule has 0 amide bonds. The Morgan fingerprint density at radius 1 is 1.16 bits per heavy atom. The van der Waals surface area contributed by atoms with Gasteiger partial charge in [0.15, 0.2) is 17.4 Å². The van der Waals surface area contributed by atoms with Crippen molar-refractivity contribution in [3.8, 4) is 6.07 Å². The van der Waals surface area contributed by atoms with Crippen LogP contribution in [0.15, 0.2) is 27.8 Å². The van der Waals surface area contributed by atoms with Gasteiger partial charge >= 0.3 is 0 Å². The van der Waals surface area contributed by atoms with Crippen LogP contribution in [0.3, 0.4) is 0 Å². The van der Waals surface area contributed by atoms with Crippen LogP contribution in [0.4, 0.5) is 0 Å². The smallest absolute Gasteiger partial charge is 0.233 e. The molecule has 0 spiro atoms. The van der Waals surface area contributed by atoms with Crippen molar-refractivity contribution in [2.24, 2.45) is 35.5 Å². The zero-order valence-corrected chi connectivity index (χ0v) is 18.5. The van der Waals surface area contributed by atoms with E-state index in [1.807, 2.05) is 19.1 Å². The third-order valence-electron chi connectivity index (χ3n) is 9.41. The number of allylic oxidation sites excluding steroid dienone is 4. The van der Waals surface area contributed by atoms with Gasteiger partial charge in [-0.15, -0.1) is 0 Å². The van der Waals surface area contributed by atoms with Gasteiger partial charge in [-0.25, -0.2) is 0 Å². The molecule has 3 saturated carbocycles. The fourth-order valence-corrected chi connectivity index (χ4v) is 8.10. The summed E-state index contributed by atoms with van der Waals surface area (Å²) in [6.07, 6.45) is 12.7. The van der Waals surface area contributed by atoms with Crippen LogP contribution in [0.5, 0.6) is 0 Å². The second-order valence-corrected chi connectivity index (χ2v) is 10.7. The zero-order valence-electron chi connectivity index (χ0n) is 18.5. The van der Waals surface area contributed by atoms with Crippen LogP contribution in [-0.4, -0.2) is 21.7 Å². The van der Waals surface area contributed by atoms with Gasteiger partial charge in [-0.3, -0.25) is 9.59 Å². The number of ketones is 2. The van der Waals surface area contributed by atoms with Crippen molar-refractivity contribution >= 4 is 11.6 Å². The maximum atomic E-state index is 13.7. The maximum absolute atomic E-state index is 13.7. The quantitative estimate of drug-likeness (QED) is 0.653. The van der Waals surface area contributed by atoms with Crippen LogP contribution >= 0.6 is 0 Å². The predicted molar refractivity (Wildman–Crippen MR) is 115 cm³/mol. The minimum Gasteiger partial charge on any atom is -0.339 e. The highest BCUT2D eigenvalue weighted by Crippen LogP contribution is 2.61. The molecule has 0 N–H and O–H groups in total. The average Bonchev–Trinajstić information content (AvgIpc) is 3.25. The van der Waals surface area contributed by atoms with Crippen LogP contribution in [0, 0.1) is 53.8 Å². The van der Waals surface area contributed by atoms with Crippen molar-refractivity contribution in [1.82, 2.24) is 10.1 Å². The van der Waals surface area contributed by atoms with Gasteiger partial charge in [-0.1, -0.05) is 29.6 Å². The molecule has 5 aliphatic rings. The standard InChI is InChI=1S/C26H29N3O3/c1-14-28-25(32-29-14)26-8-3-2-4-21(26)24-18(7-9-26)17-6-5-15-11-22(30)16(13-27)10-19(15)20(17)12-23(24)31/h10,12,15,17-19,21,24H,2-9,11H2,1H3. The van der Waals surface area contributed by atoms with Crippen molar-refractivity contribution in [2.75, 3.05) is 0 Å². The number of nitrogens with zero attached hydrogens (tertiary/aromatic N) is 3. The molecule has 0 bridgehead atoms. The van der Waals surface area contributed by atoms with Gasteiger partial charge in [-0.2, -0.15) is 10.2 Å². The van der Waals surface area contributed by atoms with Crippen molar-refractivity contribution in [1.29, 1.82) is 5.26 Å². The monoisotopic (exact) mass is 431 g/mol. The van der Waals surface area contributed by atoms with E-state index in [1.165, 1.54) is 5.57 Å². The Hall–Kier alpha value is -2.55. The molecular weight excluding hydrogens is 402 g/mol. The van der Waals surface area contributed by atoms with Gasteiger partial charge in [0.05, 0.1) is 11.0 Å². The topological polar surface area (TPSA) is 96.9 Å². The highest BCUT2D eigenvalue weighted by molar-refractivity contribution is 6.00. The molecular formula is C26H29N3O3. The molecule has 6 heteroatoms. The van der Waals surface area contributed by atoms with Crippen LogP contribution < -0.4 is 0 Å². The molecule has 0 aromatic carbocycles. The fraction of sp³-hybridized carbons (Fsp3) is 0.654. The number of fused-ring (bicyclic) bond motifs is 7. The molecule has 7 atom stereocenters. The summed E-state index contributed by atoms with van der Waals surface area (Å²) < 4.78 is 5.73. The highest BCUT2D eigenvalue weighted by Gasteiger charge is 2.59. The summed E-state index contributed by atoms with van der Waals surface area (Å²) in [6.45, 7) is 1.87. The van der Waals surface area contributed by atoms with Crippen LogP contribution in [-0.2, 0) is 15.0 Å². The van der Waals surface area contributed by atoms with Crippen LogP contribution in [0.25, 0.3) is 0 Å². The minimum atomic E-state index is -0.163. The molecule has 0 radical (unpaired) electrons. The normalized spacial score (nSPS) is 40.8. The summed E-state index contributed by atoms with van der Waals surface area (Å²) in [4.78, 5) is 30.6. The van der Waals surface area contributed by atoms with E-state index in [9.17, 15) is 14.9 Å². The lowest BCUT2D eigenvalue weighted by Crippen LogP contribution is -2.54. The number of nitriles is 1. The number of rotatable bonds is 1. The minimum absolute atomic E-state index is 0.0196. The van der Waals surface area contributed by atoms with Gasteiger partial charge in [0.1, 0.15) is 6.07 Å². The molecule has 166 valence electrons. The third-order valence-corrected chi connectivity index (χ3v) is 9.41. The van der Waals surface area contributed by atoms with Crippen LogP contribution in [0.2, 0.25) is 0 Å². The summed E-state index contributed by atoms with van der Waals surface area (Å²) in [6, 6.07) is 2.09. The Morgan fingerprint density at radius 2 is 2.03 bits per heavy atom. The summed E-state index contributed by atoms with van der Waals surface area (Å²) in [5, 5.41) is 13.5. The Labute approximate surface area is 188 Å². The number of hydrogen-bond acceptors (Lipinski definition) is 6. The molecule has 6 rings (SSSR count). The Morgan fingerprint density at radius 3 is 2.81 bits per heavy atom. The third kappa shape index (κ3) is 2.76. The molecule has 0 aliphatic heterocycles. The molecule has 1 aromatic rings. The van der Waals surface area contributed by atoms with E-state index in [2.05, 4.69) is 16.2 Å². The fourth-order valence-electron chi connectivity index (χ4n) is 8.10. The van der Waals surface area contributed by atoms with E-state index >= 15 is 0 Å². The molecule has 0 saturated heterocycles. The average molecular weight is 432 g/mol. The van der Waals surface area contributed by atoms with Gasteiger partial charge in [0.2, 0.25) is 5.89 Å². The largest absolute Gasteiger partial charge is 0.339 e. The SMILES string of the molecule is Cc1noc(C23CCCCC2C2C(=O)C=C4C5C=C(C#N)C(=O)CC5CCC4C2CC3)n1. The van der Waals surface area contributed by atoms with E-state index in [4.69, 9.17) is 4.52 Å². The second kappa shape index (κ2) is 7.23. The van der Waals surface area contributed by atoms with E-state index in [-0.39, 0.29) is 46.2 Å². The van der Waals surface area contributed by atoms with Gasteiger partial charge in [-0.05, 0) is 75.2 Å². The first kappa shape index (κ1) is 20.1. The van der Waals surface area contributed by atoms with Gasteiger partial charge in [0.25, 0.3) is 0 Å². The molecule has 1 heterocycles. The van der Waals surface area contributed by atoms with E-state index in [0.717, 1.165) is 57.3 Å². The summed E-state index contributed by atoms with van der Waals surface area (Å²) in [5.74, 6) is 2.95. The molecule has 1 aromatic heterocycles. The highest BCUT2D eigenvalue weighted by atomic mass is 16.5. The first-order valence-electron chi connectivity index (χ1n) is 12.2. The van der Waals surface area contributed by atoms with E-state index < -0.39 is 0 Å². The summed E-state index contributed by atoms with van der Waals surface area (Å²) >= 11 is 0. The first-order valence-corrected chi connectivity index (χ1v) is 12.2. The Bertz CT molecular complexity index is 1090.